The van der Waals surface area contributed by atoms with Crippen LogP contribution in [0.2, 0.25) is 0 Å². The van der Waals surface area contributed by atoms with Crippen molar-refractivity contribution >= 4 is 27.6 Å². The number of rotatable bonds is 2. The lowest BCUT2D eigenvalue weighted by Gasteiger charge is -2.21. The Balaban J connectivity index is 2.55. The summed E-state index contributed by atoms with van der Waals surface area (Å²) in [5.41, 5.74) is 0.223. The highest BCUT2D eigenvalue weighted by Crippen LogP contribution is 2.32. The van der Waals surface area contributed by atoms with Gasteiger partial charge in [-0.05, 0) is 40.9 Å². The van der Waals surface area contributed by atoms with Gasteiger partial charge in [0.15, 0.2) is 0 Å². The van der Waals surface area contributed by atoms with Gasteiger partial charge >= 0.3 is 5.97 Å². The summed E-state index contributed by atoms with van der Waals surface area (Å²) in [5, 5.41) is 9.11. The summed E-state index contributed by atoms with van der Waals surface area (Å²) >= 11 is 3.15. The first-order valence-corrected chi connectivity index (χ1v) is 5.87. The predicted octanol–water partition coefficient (Wildman–Crippen LogP) is 2.89. The van der Waals surface area contributed by atoms with Crippen LogP contribution >= 0.6 is 15.9 Å². The normalized spacial score (nSPS) is 15.5. The number of anilines is 1. The van der Waals surface area contributed by atoms with E-state index in [4.69, 9.17) is 5.11 Å². The van der Waals surface area contributed by atoms with Crippen molar-refractivity contribution < 1.29 is 14.3 Å². The minimum Gasteiger partial charge on any atom is -0.478 e. The highest BCUT2D eigenvalue weighted by Gasteiger charge is 2.24. The van der Waals surface area contributed by atoms with E-state index in [2.05, 4.69) is 15.9 Å². The molecule has 1 N–H and O–H groups in total. The molecular weight excluding hydrogens is 277 g/mol. The lowest BCUT2D eigenvalue weighted by atomic mass is 10.1. The molecule has 1 aromatic carbocycles. The van der Waals surface area contributed by atoms with Gasteiger partial charge in [0.1, 0.15) is 5.82 Å². The van der Waals surface area contributed by atoms with E-state index in [1.165, 1.54) is 12.1 Å². The van der Waals surface area contributed by atoms with E-state index >= 15 is 0 Å². The van der Waals surface area contributed by atoms with Crippen molar-refractivity contribution in [3.8, 4) is 0 Å². The minimum absolute atomic E-state index is 0.0156. The molecule has 16 heavy (non-hydrogen) atoms. The van der Waals surface area contributed by atoms with Crippen LogP contribution < -0.4 is 4.90 Å². The van der Waals surface area contributed by atoms with Crippen molar-refractivity contribution in [3.63, 3.8) is 0 Å². The predicted molar refractivity (Wildman–Crippen MR) is 62.5 cm³/mol. The minimum atomic E-state index is -1.10. The monoisotopic (exact) mass is 287 g/mol. The Kier molecular flexibility index (Phi) is 3.14. The number of carboxylic acid groups (broad SMARTS) is 1. The first kappa shape index (κ1) is 11.4. The van der Waals surface area contributed by atoms with Gasteiger partial charge in [0.2, 0.25) is 0 Å². The topological polar surface area (TPSA) is 40.5 Å². The molecule has 1 heterocycles. The summed E-state index contributed by atoms with van der Waals surface area (Å²) in [6.07, 6.45) is 1.95. The van der Waals surface area contributed by atoms with E-state index in [9.17, 15) is 9.18 Å². The van der Waals surface area contributed by atoms with Crippen LogP contribution in [0.5, 0.6) is 0 Å². The van der Waals surface area contributed by atoms with Gasteiger partial charge in [-0.3, -0.25) is 0 Å². The van der Waals surface area contributed by atoms with Gasteiger partial charge in [-0.1, -0.05) is 0 Å². The van der Waals surface area contributed by atoms with Gasteiger partial charge in [0.05, 0.1) is 11.3 Å². The highest BCUT2D eigenvalue weighted by molar-refractivity contribution is 9.10. The molecule has 0 unspecified atom stereocenters. The average Bonchev–Trinajstić information content (AvgIpc) is 2.73. The standard InChI is InChI=1S/C11H11BrFNO2/c12-7-3-4-8(13)10(9(7)11(15)16)14-5-1-2-6-14/h3-4H,1-2,5-6H2,(H,15,16). The third-order valence-corrected chi connectivity index (χ3v) is 3.37. The quantitative estimate of drug-likeness (QED) is 0.909. The van der Waals surface area contributed by atoms with Crippen LogP contribution in [0.15, 0.2) is 16.6 Å². The Hall–Kier alpha value is -1.10. The van der Waals surface area contributed by atoms with Crippen molar-refractivity contribution in [2.24, 2.45) is 0 Å². The second-order valence-corrected chi connectivity index (χ2v) is 4.61. The second kappa shape index (κ2) is 4.41. The first-order chi connectivity index (χ1) is 7.61. The lowest BCUT2D eigenvalue weighted by molar-refractivity contribution is 0.0696. The van der Waals surface area contributed by atoms with Crippen LogP contribution in [-0.2, 0) is 0 Å². The SMILES string of the molecule is O=C(O)c1c(Br)ccc(F)c1N1CCCC1. The van der Waals surface area contributed by atoms with Gasteiger partial charge in [0.25, 0.3) is 0 Å². The average molecular weight is 288 g/mol. The zero-order valence-electron chi connectivity index (χ0n) is 8.54. The zero-order chi connectivity index (χ0) is 11.7. The van der Waals surface area contributed by atoms with Crippen LogP contribution in [0, 0.1) is 5.82 Å². The zero-order valence-corrected chi connectivity index (χ0v) is 10.1. The summed E-state index contributed by atoms with van der Waals surface area (Å²) in [5.74, 6) is -1.57. The molecular formula is C11H11BrFNO2. The molecule has 0 spiro atoms. The maximum atomic E-state index is 13.7. The Morgan fingerprint density at radius 3 is 2.56 bits per heavy atom. The Morgan fingerprint density at radius 2 is 2.00 bits per heavy atom. The number of hydrogen-bond acceptors (Lipinski definition) is 2. The Labute approximate surface area is 101 Å². The Bertz CT molecular complexity index is 430. The number of halogens is 2. The molecule has 0 saturated carbocycles. The van der Waals surface area contributed by atoms with Gasteiger partial charge in [-0.25, -0.2) is 9.18 Å². The maximum Gasteiger partial charge on any atom is 0.339 e. The van der Waals surface area contributed by atoms with Crippen LogP contribution in [0.25, 0.3) is 0 Å². The second-order valence-electron chi connectivity index (χ2n) is 3.75. The maximum absolute atomic E-state index is 13.7. The number of hydrogen-bond donors (Lipinski definition) is 1. The van der Waals surface area contributed by atoms with E-state index in [-0.39, 0.29) is 11.3 Å². The molecule has 5 heteroatoms. The highest BCUT2D eigenvalue weighted by atomic mass is 79.9. The van der Waals surface area contributed by atoms with Crippen molar-refractivity contribution in [3.05, 3.63) is 28.0 Å². The van der Waals surface area contributed by atoms with Crippen LogP contribution in [-0.4, -0.2) is 24.2 Å². The summed E-state index contributed by atoms with van der Waals surface area (Å²) in [7, 11) is 0. The van der Waals surface area contributed by atoms with Gasteiger partial charge < -0.3 is 10.0 Å². The van der Waals surface area contributed by atoms with E-state index in [1.807, 2.05) is 0 Å². The lowest BCUT2D eigenvalue weighted by Crippen LogP contribution is -2.22. The smallest absolute Gasteiger partial charge is 0.339 e. The largest absolute Gasteiger partial charge is 0.478 e. The number of nitrogens with zero attached hydrogens (tertiary/aromatic N) is 1. The molecule has 1 saturated heterocycles. The number of aromatic carboxylic acids is 1. The number of benzene rings is 1. The first-order valence-electron chi connectivity index (χ1n) is 5.07. The van der Waals surface area contributed by atoms with E-state index in [0.717, 1.165) is 12.8 Å². The van der Waals surface area contributed by atoms with Crippen molar-refractivity contribution in [2.45, 2.75) is 12.8 Å². The molecule has 1 aliphatic rings. The fourth-order valence-corrected chi connectivity index (χ4v) is 2.48. The summed E-state index contributed by atoms with van der Waals surface area (Å²) in [6, 6.07) is 2.72. The van der Waals surface area contributed by atoms with Gasteiger partial charge in [-0.2, -0.15) is 0 Å². The summed E-state index contributed by atoms with van der Waals surface area (Å²) < 4.78 is 14.1. The molecule has 86 valence electrons. The van der Waals surface area contributed by atoms with E-state index < -0.39 is 11.8 Å². The van der Waals surface area contributed by atoms with Crippen LogP contribution in [0.1, 0.15) is 23.2 Å². The van der Waals surface area contributed by atoms with Gasteiger partial charge in [-0.15, -0.1) is 0 Å². The molecule has 1 fully saturated rings. The summed E-state index contributed by atoms with van der Waals surface area (Å²) in [4.78, 5) is 12.9. The number of carboxylic acids is 1. The number of carbonyl (C=O) groups is 1. The van der Waals surface area contributed by atoms with E-state index in [0.29, 0.717) is 17.6 Å². The van der Waals surface area contributed by atoms with Crippen molar-refractivity contribution in [2.75, 3.05) is 18.0 Å². The van der Waals surface area contributed by atoms with Crippen molar-refractivity contribution in [1.82, 2.24) is 0 Å². The van der Waals surface area contributed by atoms with Crippen molar-refractivity contribution in [1.29, 1.82) is 0 Å². The van der Waals surface area contributed by atoms with Crippen LogP contribution in [0.3, 0.4) is 0 Å². The third kappa shape index (κ3) is 1.91. The van der Waals surface area contributed by atoms with Gasteiger partial charge in [0, 0.05) is 17.6 Å². The Morgan fingerprint density at radius 1 is 1.38 bits per heavy atom. The molecule has 1 aromatic rings. The third-order valence-electron chi connectivity index (χ3n) is 2.71. The molecule has 1 aliphatic heterocycles. The van der Waals surface area contributed by atoms with Crippen LogP contribution in [0.4, 0.5) is 10.1 Å². The summed E-state index contributed by atoms with van der Waals surface area (Å²) in [6.45, 7) is 1.43. The molecule has 3 nitrogen and oxygen atoms in total. The molecule has 0 radical (unpaired) electrons. The molecule has 0 aromatic heterocycles. The molecule has 0 amide bonds. The van der Waals surface area contributed by atoms with E-state index in [1.54, 1.807) is 4.90 Å². The fourth-order valence-electron chi connectivity index (χ4n) is 1.99. The molecule has 0 aliphatic carbocycles. The molecule has 2 rings (SSSR count). The molecule has 0 atom stereocenters. The fraction of sp³-hybridized carbons (Fsp3) is 0.364. The molecule has 0 bridgehead atoms.